The third-order valence-electron chi connectivity index (χ3n) is 8.55. The van der Waals surface area contributed by atoms with Gasteiger partial charge < -0.3 is 24.6 Å². The molecule has 2 N–H and O–H groups in total. The Morgan fingerprint density at radius 3 is 1.14 bits per heavy atom. The van der Waals surface area contributed by atoms with Crippen molar-refractivity contribution in [1.82, 2.24) is 0 Å². The zero-order valence-electron chi connectivity index (χ0n) is 27.1. The summed E-state index contributed by atoms with van der Waals surface area (Å²) in [5.41, 5.74) is 0. The first kappa shape index (κ1) is 40.1. The first-order valence-electron chi connectivity index (χ1n) is 17.4. The van der Waals surface area contributed by atoms with Crippen LogP contribution in [0.3, 0.4) is 0 Å². The van der Waals surface area contributed by atoms with Crippen molar-refractivity contribution in [3.63, 3.8) is 0 Å². The molecule has 0 radical (unpaired) electrons. The highest BCUT2D eigenvalue weighted by atomic mass is 16.4. The first-order chi connectivity index (χ1) is 20.3. The summed E-state index contributed by atoms with van der Waals surface area (Å²) >= 11 is 0. The lowest BCUT2D eigenvalue weighted by Crippen LogP contribution is -2.51. The van der Waals surface area contributed by atoms with Gasteiger partial charge in [0.05, 0.1) is 26.2 Å². The molecule has 0 aromatic rings. The minimum absolute atomic E-state index is 0.0649. The van der Waals surface area contributed by atoms with Crippen LogP contribution in [0.1, 0.15) is 167 Å². The van der Waals surface area contributed by atoms with E-state index in [9.17, 15) is 19.5 Å². The zero-order valence-corrected chi connectivity index (χ0v) is 27.1. The van der Waals surface area contributed by atoms with E-state index in [1.54, 1.807) is 0 Å². The van der Waals surface area contributed by atoms with Crippen LogP contribution in [-0.2, 0) is 14.4 Å². The molecule has 0 aromatic heterocycles. The normalized spacial score (nSPS) is 11.8. The van der Waals surface area contributed by atoms with Gasteiger partial charge in [-0.2, -0.15) is 0 Å². The number of quaternary nitrogens is 1. The fourth-order valence-corrected chi connectivity index (χ4v) is 6.01. The van der Waals surface area contributed by atoms with E-state index in [1.807, 2.05) is 0 Å². The standard InChI is InChI=1S/C35H65NO6/c1-2-3-4-5-6-7-8-9-10-11-12-13-14-15-16-17-18-22-29-36(30-23-19-26-33(37)38,31-24-20-27-34(39)40)32-25-21-28-35(41)42/h2-3H,4-32H2,1H3,(H2-,37,38,39,40,41,42)/b3-2+. The summed E-state index contributed by atoms with van der Waals surface area (Å²) < 4.78 is 0.850. The largest absolute Gasteiger partial charge is 0.550 e. The SMILES string of the molecule is C/C=C/CCCCCCCCCCCCCCCCC[N+](CCCCC(=O)[O-])(CCCCC(=O)O)CCCCC(=O)O. The molecule has 0 saturated carbocycles. The second kappa shape index (κ2) is 29.2. The highest BCUT2D eigenvalue weighted by Crippen LogP contribution is 2.20. The number of hydrogen-bond donors (Lipinski definition) is 2. The highest BCUT2D eigenvalue weighted by molar-refractivity contribution is 5.66. The van der Waals surface area contributed by atoms with Crippen molar-refractivity contribution >= 4 is 17.9 Å². The number of carboxylic acids is 3. The summed E-state index contributed by atoms with van der Waals surface area (Å²) in [7, 11) is 0. The van der Waals surface area contributed by atoms with Gasteiger partial charge in [0.1, 0.15) is 0 Å². The molecule has 0 unspecified atom stereocenters. The number of rotatable bonds is 33. The number of carboxylic acid groups (broad SMARTS) is 3. The minimum atomic E-state index is -1.02. The Morgan fingerprint density at radius 1 is 0.500 bits per heavy atom. The summed E-state index contributed by atoms with van der Waals surface area (Å²) in [5, 5.41) is 29.0. The van der Waals surface area contributed by atoms with Crippen LogP contribution in [0.25, 0.3) is 0 Å². The monoisotopic (exact) mass is 595 g/mol. The molecule has 0 aliphatic heterocycles. The maximum Gasteiger partial charge on any atom is 0.303 e. The molecule has 0 heterocycles. The van der Waals surface area contributed by atoms with Crippen LogP contribution in [0.4, 0.5) is 0 Å². The fraction of sp³-hybridized carbons (Fsp3) is 0.857. The molecule has 0 aliphatic carbocycles. The third-order valence-corrected chi connectivity index (χ3v) is 8.55. The molecule has 246 valence electrons. The number of aliphatic carboxylic acids is 3. The van der Waals surface area contributed by atoms with Crippen molar-refractivity contribution in [2.24, 2.45) is 0 Å². The van der Waals surface area contributed by atoms with Crippen LogP contribution in [0, 0.1) is 0 Å². The van der Waals surface area contributed by atoms with Crippen LogP contribution in [0.5, 0.6) is 0 Å². The minimum Gasteiger partial charge on any atom is -0.550 e. The van der Waals surface area contributed by atoms with E-state index in [2.05, 4.69) is 19.1 Å². The van der Waals surface area contributed by atoms with Gasteiger partial charge in [-0.25, -0.2) is 0 Å². The zero-order chi connectivity index (χ0) is 31.2. The topological polar surface area (TPSA) is 115 Å². The second-order valence-electron chi connectivity index (χ2n) is 12.4. The van der Waals surface area contributed by atoms with E-state index >= 15 is 0 Å². The molecule has 42 heavy (non-hydrogen) atoms. The molecule has 7 nitrogen and oxygen atoms in total. The molecule has 0 amide bonds. The van der Waals surface area contributed by atoms with E-state index in [0.717, 1.165) is 56.3 Å². The summed E-state index contributed by atoms with van der Waals surface area (Å²) in [6.45, 7) is 5.71. The van der Waals surface area contributed by atoms with Gasteiger partial charge in [0.2, 0.25) is 0 Å². The quantitative estimate of drug-likeness (QED) is 0.0451. The number of unbranched alkanes of at least 4 members (excludes halogenated alkanes) is 18. The van der Waals surface area contributed by atoms with Crippen LogP contribution >= 0.6 is 0 Å². The maximum absolute atomic E-state index is 11.0. The van der Waals surface area contributed by atoms with Gasteiger partial charge in [-0.15, -0.1) is 0 Å². The molecule has 0 aliphatic rings. The van der Waals surface area contributed by atoms with E-state index in [0.29, 0.717) is 19.3 Å². The number of carbonyl (C=O) groups excluding carboxylic acids is 1. The first-order valence-corrected chi connectivity index (χ1v) is 17.4. The summed E-state index contributed by atoms with van der Waals surface area (Å²) in [6, 6.07) is 0. The van der Waals surface area contributed by atoms with Gasteiger partial charge in [0.25, 0.3) is 0 Å². The van der Waals surface area contributed by atoms with E-state index < -0.39 is 17.9 Å². The average molecular weight is 596 g/mol. The number of hydrogen-bond acceptors (Lipinski definition) is 4. The van der Waals surface area contributed by atoms with Crippen molar-refractivity contribution < 1.29 is 34.2 Å². The van der Waals surface area contributed by atoms with Gasteiger partial charge in [-0.05, 0) is 77.6 Å². The lowest BCUT2D eigenvalue weighted by molar-refractivity contribution is -0.929. The Balaban J connectivity index is 4.30. The molecule has 0 spiro atoms. The van der Waals surface area contributed by atoms with E-state index in [4.69, 9.17) is 10.2 Å². The highest BCUT2D eigenvalue weighted by Gasteiger charge is 2.26. The summed E-state index contributed by atoms with van der Waals surface area (Å²) in [6.07, 6.45) is 30.1. The molecule has 0 atom stereocenters. The van der Waals surface area contributed by atoms with Gasteiger partial charge in [0.15, 0.2) is 0 Å². The van der Waals surface area contributed by atoms with Crippen molar-refractivity contribution in [3.05, 3.63) is 12.2 Å². The fourth-order valence-electron chi connectivity index (χ4n) is 6.01. The molecule has 0 rings (SSSR count). The predicted molar refractivity (Wildman–Crippen MR) is 170 cm³/mol. The molecule has 0 aromatic carbocycles. The van der Waals surface area contributed by atoms with Gasteiger partial charge >= 0.3 is 11.9 Å². The summed E-state index contributed by atoms with van der Waals surface area (Å²) in [4.78, 5) is 32.9. The predicted octanol–water partition coefficient (Wildman–Crippen LogP) is 8.05. The Labute approximate surface area is 257 Å². The Hall–Kier alpha value is -1.89. The summed E-state index contributed by atoms with van der Waals surface area (Å²) in [5.74, 6) is -2.56. The lowest BCUT2D eigenvalue weighted by atomic mass is 10.0. The molecular formula is C35H65NO6. The lowest BCUT2D eigenvalue weighted by Gasteiger charge is -2.39. The van der Waals surface area contributed by atoms with Crippen LogP contribution in [0.15, 0.2) is 12.2 Å². The second-order valence-corrected chi connectivity index (χ2v) is 12.4. The number of carbonyl (C=O) groups is 3. The molecule has 0 saturated heterocycles. The number of nitrogens with zero attached hydrogens (tertiary/aromatic N) is 1. The Bertz CT molecular complexity index is 638. The van der Waals surface area contributed by atoms with E-state index in [-0.39, 0.29) is 19.3 Å². The number of allylic oxidation sites excluding steroid dienone is 2. The molecule has 0 fully saturated rings. The van der Waals surface area contributed by atoms with Crippen molar-refractivity contribution in [3.8, 4) is 0 Å². The van der Waals surface area contributed by atoms with Crippen LogP contribution in [-0.4, -0.2) is 58.8 Å². The van der Waals surface area contributed by atoms with Crippen molar-refractivity contribution in [2.75, 3.05) is 26.2 Å². The third kappa shape index (κ3) is 28.2. The molecule has 0 bridgehead atoms. The van der Waals surface area contributed by atoms with Crippen LogP contribution < -0.4 is 5.11 Å². The van der Waals surface area contributed by atoms with Gasteiger partial charge in [-0.1, -0.05) is 89.2 Å². The maximum atomic E-state index is 11.0. The van der Waals surface area contributed by atoms with E-state index in [1.165, 1.54) is 96.3 Å². The molecular weight excluding hydrogens is 530 g/mol. The Morgan fingerprint density at radius 2 is 0.810 bits per heavy atom. The Kier molecular flexibility index (Phi) is 27.9. The van der Waals surface area contributed by atoms with Gasteiger partial charge in [0, 0.05) is 18.8 Å². The van der Waals surface area contributed by atoms with Gasteiger partial charge in [-0.3, -0.25) is 9.59 Å². The van der Waals surface area contributed by atoms with Crippen molar-refractivity contribution in [1.29, 1.82) is 0 Å². The molecule has 7 heteroatoms. The smallest absolute Gasteiger partial charge is 0.303 e. The average Bonchev–Trinajstić information content (AvgIpc) is 2.94. The van der Waals surface area contributed by atoms with Crippen LogP contribution in [0.2, 0.25) is 0 Å². The van der Waals surface area contributed by atoms with Crippen molar-refractivity contribution in [2.45, 2.75) is 167 Å².